The molecule has 4 nitrogen and oxygen atoms in total. The zero-order chi connectivity index (χ0) is 16.0. The van der Waals surface area contributed by atoms with Crippen LogP contribution in [0.5, 0.6) is 11.5 Å². The number of rotatable bonds is 6. The average Bonchev–Trinajstić information content (AvgIpc) is 2.44. The Morgan fingerprint density at radius 1 is 1.48 bits per heavy atom. The Bertz CT molecular complexity index is 558. The summed E-state index contributed by atoms with van der Waals surface area (Å²) in [7, 11) is 1.28. The van der Waals surface area contributed by atoms with E-state index in [1.807, 2.05) is 19.1 Å². The maximum Gasteiger partial charge on any atom is 0.341 e. The third kappa shape index (κ3) is 3.88. The van der Waals surface area contributed by atoms with Gasteiger partial charge >= 0.3 is 5.97 Å². The molecule has 0 radical (unpaired) electrons. The van der Waals surface area contributed by atoms with E-state index in [1.54, 1.807) is 26.0 Å². The van der Waals surface area contributed by atoms with Gasteiger partial charge < -0.3 is 14.6 Å². The fourth-order valence-electron chi connectivity index (χ4n) is 2.06. The number of hydrogen-bond donors (Lipinski definition) is 1. The number of allylic oxidation sites excluding steroid dienone is 1. The molecule has 0 amide bonds. The Balaban J connectivity index is 3.21. The first-order valence-corrected chi connectivity index (χ1v) is 6.78. The predicted octanol–water partition coefficient (Wildman–Crippen LogP) is 3.70. The summed E-state index contributed by atoms with van der Waals surface area (Å²) < 4.78 is 10.6. The smallest absolute Gasteiger partial charge is 0.341 e. The van der Waals surface area contributed by atoms with Crippen molar-refractivity contribution in [2.75, 3.05) is 7.11 Å². The molecule has 0 aliphatic heterocycles. The summed E-state index contributed by atoms with van der Waals surface area (Å²) in [5.41, 5.74) is 1.30. The second kappa shape index (κ2) is 7.53. The van der Waals surface area contributed by atoms with Crippen LogP contribution in [0.1, 0.15) is 34.8 Å². The lowest BCUT2D eigenvalue weighted by Gasteiger charge is -2.19. The second-order valence-corrected chi connectivity index (χ2v) is 4.74. The van der Waals surface area contributed by atoms with Crippen molar-refractivity contribution in [1.29, 1.82) is 0 Å². The summed E-state index contributed by atoms with van der Waals surface area (Å²) >= 11 is 0. The molecule has 0 fully saturated rings. The highest BCUT2D eigenvalue weighted by atomic mass is 16.5. The Morgan fingerprint density at radius 3 is 2.67 bits per heavy atom. The van der Waals surface area contributed by atoms with Gasteiger partial charge in [-0.05, 0) is 38.5 Å². The Hall–Kier alpha value is -2.23. The van der Waals surface area contributed by atoms with Gasteiger partial charge in [0.25, 0.3) is 0 Å². The molecule has 21 heavy (non-hydrogen) atoms. The quantitative estimate of drug-likeness (QED) is 0.641. The summed E-state index contributed by atoms with van der Waals surface area (Å²) in [6, 6.07) is 1.74. The van der Waals surface area contributed by atoms with Gasteiger partial charge in [0.05, 0.1) is 7.11 Å². The Kier molecular flexibility index (Phi) is 6.03. The fraction of sp³-hybridized carbons (Fsp3) is 0.353. The minimum atomic E-state index is -0.559. The molecule has 114 valence electrons. The molecule has 0 spiro atoms. The number of aryl methyl sites for hydroxylation is 1. The number of phenolic OH excluding ortho intramolecular Hbond substituents is 1. The van der Waals surface area contributed by atoms with E-state index in [-0.39, 0.29) is 17.4 Å². The number of methoxy groups -OCH3 is 1. The van der Waals surface area contributed by atoms with Gasteiger partial charge in [0.1, 0.15) is 23.2 Å². The van der Waals surface area contributed by atoms with Crippen LogP contribution < -0.4 is 4.74 Å². The summed E-state index contributed by atoms with van der Waals surface area (Å²) in [5.74, 6) is -0.118. The maximum absolute atomic E-state index is 11.7. The van der Waals surface area contributed by atoms with Gasteiger partial charge in [-0.3, -0.25) is 0 Å². The van der Waals surface area contributed by atoms with Crippen LogP contribution in [0.3, 0.4) is 0 Å². The van der Waals surface area contributed by atoms with Gasteiger partial charge in [-0.25, -0.2) is 4.79 Å². The SMILES string of the molecule is C=CCC(/C=C/C)Oc1cc(C)c(C(=O)OC)c(O)c1C. The van der Waals surface area contributed by atoms with Crippen molar-refractivity contribution in [2.45, 2.75) is 33.3 Å². The summed E-state index contributed by atoms with van der Waals surface area (Å²) in [4.78, 5) is 11.7. The normalized spacial score (nSPS) is 12.2. The molecule has 0 aliphatic carbocycles. The van der Waals surface area contributed by atoms with E-state index in [0.717, 1.165) is 0 Å². The van der Waals surface area contributed by atoms with Crippen LogP contribution in [0, 0.1) is 13.8 Å². The molecule has 1 atom stereocenters. The first-order valence-electron chi connectivity index (χ1n) is 6.78. The number of carbonyl (C=O) groups is 1. The molecule has 1 aromatic rings. The highest BCUT2D eigenvalue weighted by Gasteiger charge is 2.21. The molecule has 4 heteroatoms. The van der Waals surface area contributed by atoms with Gasteiger partial charge in [0.15, 0.2) is 0 Å². The number of ether oxygens (including phenoxy) is 2. The van der Waals surface area contributed by atoms with Gasteiger partial charge in [0, 0.05) is 12.0 Å². The molecule has 0 aliphatic rings. The first-order chi connectivity index (χ1) is 9.96. The third-order valence-corrected chi connectivity index (χ3v) is 3.18. The van der Waals surface area contributed by atoms with Gasteiger partial charge in [-0.2, -0.15) is 0 Å². The van der Waals surface area contributed by atoms with E-state index >= 15 is 0 Å². The van der Waals surface area contributed by atoms with Gasteiger partial charge in [-0.1, -0.05) is 12.2 Å². The molecule has 0 aromatic heterocycles. The molecule has 0 saturated heterocycles. The molecule has 0 saturated carbocycles. The van der Waals surface area contributed by atoms with E-state index in [0.29, 0.717) is 23.3 Å². The number of hydrogen-bond acceptors (Lipinski definition) is 4. The molecule has 1 unspecified atom stereocenters. The van der Waals surface area contributed by atoms with Crippen molar-refractivity contribution >= 4 is 5.97 Å². The number of benzene rings is 1. The van der Waals surface area contributed by atoms with Crippen molar-refractivity contribution in [3.05, 3.63) is 47.6 Å². The van der Waals surface area contributed by atoms with Crippen LogP contribution in [0.15, 0.2) is 30.9 Å². The topological polar surface area (TPSA) is 55.8 Å². The number of carbonyl (C=O) groups excluding carboxylic acids is 1. The van der Waals surface area contributed by atoms with Crippen LogP contribution in [0.2, 0.25) is 0 Å². The third-order valence-electron chi connectivity index (χ3n) is 3.18. The van der Waals surface area contributed by atoms with Crippen molar-refractivity contribution in [2.24, 2.45) is 0 Å². The van der Waals surface area contributed by atoms with E-state index < -0.39 is 5.97 Å². The Labute approximate surface area is 125 Å². The zero-order valence-electron chi connectivity index (χ0n) is 13.0. The van der Waals surface area contributed by atoms with E-state index in [2.05, 4.69) is 11.3 Å². The van der Waals surface area contributed by atoms with Crippen molar-refractivity contribution in [3.63, 3.8) is 0 Å². The highest BCUT2D eigenvalue weighted by molar-refractivity contribution is 5.95. The minimum absolute atomic E-state index is 0.102. The molecule has 0 heterocycles. The summed E-state index contributed by atoms with van der Waals surface area (Å²) in [6.07, 6.45) is 6.09. The lowest BCUT2D eigenvalue weighted by Crippen LogP contribution is -2.14. The van der Waals surface area contributed by atoms with E-state index in [1.165, 1.54) is 7.11 Å². The summed E-state index contributed by atoms with van der Waals surface area (Å²) in [6.45, 7) is 9.06. The monoisotopic (exact) mass is 290 g/mol. The Morgan fingerprint density at radius 2 is 2.14 bits per heavy atom. The molecular formula is C17H22O4. The second-order valence-electron chi connectivity index (χ2n) is 4.74. The molecule has 1 aromatic carbocycles. The van der Waals surface area contributed by atoms with Gasteiger partial charge in [0.2, 0.25) is 0 Å². The van der Waals surface area contributed by atoms with Crippen molar-refractivity contribution in [3.8, 4) is 11.5 Å². The molecule has 1 N–H and O–H groups in total. The van der Waals surface area contributed by atoms with Crippen molar-refractivity contribution in [1.82, 2.24) is 0 Å². The van der Waals surface area contributed by atoms with Crippen LogP contribution in [0.25, 0.3) is 0 Å². The lowest BCUT2D eigenvalue weighted by molar-refractivity contribution is 0.0596. The zero-order valence-corrected chi connectivity index (χ0v) is 13.0. The molecular weight excluding hydrogens is 268 g/mol. The standard InChI is InChI=1S/C17H22O4/c1-6-8-13(9-7-2)21-14-10-11(3)15(17(19)20-5)16(18)12(14)4/h6-7,9-10,13,18H,1,8H2,2-5H3/b9-7+. The van der Waals surface area contributed by atoms with E-state index in [4.69, 9.17) is 4.74 Å². The van der Waals surface area contributed by atoms with Gasteiger partial charge in [-0.15, -0.1) is 6.58 Å². The van der Waals surface area contributed by atoms with Crippen LogP contribution in [-0.4, -0.2) is 24.3 Å². The van der Waals surface area contributed by atoms with Crippen molar-refractivity contribution < 1.29 is 19.4 Å². The average molecular weight is 290 g/mol. The number of phenols is 1. The predicted molar refractivity (Wildman–Crippen MR) is 83.0 cm³/mol. The maximum atomic E-state index is 11.7. The highest BCUT2D eigenvalue weighted by Crippen LogP contribution is 2.34. The molecule has 1 rings (SSSR count). The largest absolute Gasteiger partial charge is 0.507 e. The van der Waals surface area contributed by atoms with Crippen LogP contribution in [0.4, 0.5) is 0 Å². The summed E-state index contributed by atoms with van der Waals surface area (Å²) in [5, 5.41) is 10.2. The fourth-order valence-corrected chi connectivity index (χ4v) is 2.06. The first kappa shape index (κ1) is 16.8. The van der Waals surface area contributed by atoms with Crippen LogP contribution >= 0.6 is 0 Å². The number of esters is 1. The van der Waals surface area contributed by atoms with E-state index in [9.17, 15) is 9.90 Å². The number of aromatic hydroxyl groups is 1. The van der Waals surface area contributed by atoms with Crippen LogP contribution in [-0.2, 0) is 4.74 Å². The lowest BCUT2D eigenvalue weighted by atomic mass is 10.0. The molecule has 0 bridgehead atoms. The minimum Gasteiger partial charge on any atom is -0.507 e.